The van der Waals surface area contributed by atoms with Crippen LogP contribution in [0.25, 0.3) is 0 Å². The highest BCUT2D eigenvalue weighted by atomic mass is 16.6. The molecule has 0 aliphatic rings. The molecule has 0 aromatic rings. The maximum Gasteiger partial charge on any atom is 0.306 e. The fourth-order valence-electron chi connectivity index (χ4n) is 8.44. The Kier molecular flexibility index (Phi) is 55.8. The molecule has 0 bridgehead atoms. The lowest BCUT2D eigenvalue weighted by Gasteiger charge is -2.18. The monoisotopic (exact) mass is 977 g/mol. The van der Waals surface area contributed by atoms with Crippen LogP contribution in [-0.4, -0.2) is 37.2 Å². The molecule has 0 aromatic carbocycles. The van der Waals surface area contributed by atoms with Gasteiger partial charge in [-0.25, -0.2) is 0 Å². The second kappa shape index (κ2) is 58.4. The molecular weight excluding hydrogens is 865 g/mol. The van der Waals surface area contributed by atoms with Gasteiger partial charge in [-0.15, -0.1) is 0 Å². The van der Waals surface area contributed by atoms with Crippen molar-refractivity contribution in [3.8, 4) is 0 Å². The minimum Gasteiger partial charge on any atom is -0.462 e. The van der Waals surface area contributed by atoms with E-state index in [0.717, 1.165) is 116 Å². The van der Waals surface area contributed by atoms with Crippen molar-refractivity contribution >= 4 is 17.9 Å². The molecule has 0 saturated carbocycles. The molecule has 0 aliphatic heterocycles. The summed E-state index contributed by atoms with van der Waals surface area (Å²) in [7, 11) is 0. The molecule has 70 heavy (non-hydrogen) atoms. The second-order valence-electron chi connectivity index (χ2n) is 19.9. The molecule has 0 N–H and O–H groups in total. The number of carbonyl (C=O) groups is 3. The first-order valence-corrected chi connectivity index (χ1v) is 30.0. The lowest BCUT2D eigenvalue weighted by molar-refractivity contribution is -0.167. The van der Waals surface area contributed by atoms with E-state index in [1.165, 1.54) is 141 Å². The van der Waals surface area contributed by atoms with Crippen LogP contribution in [0.4, 0.5) is 0 Å². The number of rotatable bonds is 54. The highest BCUT2D eigenvalue weighted by Gasteiger charge is 2.19. The van der Waals surface area contributed by atoms with E-state index in [2.05, 4.69) is 93.7 Å². The minimum absolute atomic E-state index is 0.0901. The van der Waals surface area contributed by atoms with E-state index in [1.807, 2.05) is 0 Å². The molecule has 404 valence electrons. The third-order valence-electron chi connectivity index (χ3n) is 12.9. The Bertz CT molecular complexity index is 1310. The van der Waals surface area contributed by atoms with E-state index >= 15 is 0 Å². The molecule has 0 amide bonds. The van der Waals surface area contributed by atoms with Crippen molar-refractivity contribution in [2.75, 3.05) is 13.2 Å². The highest BCUT2D eigenvalue weighted by molar-refractivity contribution is 5.71. The van der Waals surface area contributed by atoms with Gasteiger partial charge in [0, 0.05) is 19.3 Å². The van der Waals surface area contributed by atoms with Gasteiger partial charge in [0.15, 0.2) is 6.10 Å². The summed E-state index contributed by atoms with van der Waals surface area (Å²) >= 11 is 0. The first kappa shape index (κ1) is 66.9. The second-order valence-corrected chi connectivity index (χ2v) is 19.9. The molecule has 0 radical (unpaired) electrons. The Hall–Kier alpha value is -3.15. The SMILES string of the molecule is CC/C=C\C/C=C\C/C=C\CCCCCCCCC(=O)OCC(COC(=O)CCCCCCC/C=C\C=C/CCCCCCCCC)OC(=O)CCCCCCC/C=C\CCCCCCCCCCC. The zero-order valence-corrected chi connectivity index (χ0v) is 46.3. The zero-order valence-electron chi connectivity index (χ0n) is 46.3. The Labute approximate surface area is 433 Å². The molecule has 0 fully saturated rings. The Balaban J connectivity index is 4.43. The Morgan fingerprint density at radius 1 is 0.314 bits per heavy atom. The third kappa shape index (κ3) is 55.8. The predicted octanol–water partition coefficient (Wildman–Crippen LogP) is 20.2. The van der Waals surface area contributed by atoms with Crippen LogP contribution >= 0.6 is 0 Å². The van der Waals surface area contributed by atoms with Crippen molar-refractivity contribution in [3.05, 3.63) is 72.9 Å². The van der Waals surface area contributed by atoms with E-state index in [1.54, 1.807) is 0 Å². The van der Waals surface area contributed by atoms with Gasteiger partial charge in [0.25, 0.3) is 0 Å². The van der Waals surface area contributed by atoms with Crippen LogP contribution in [0.5, 0.6) is 0 Å². The molecule has 0 aromatic heterocycles. The van der Waals surface area contributed by atoms with Crippen molar-refractivity contribution in [3.63, 3.8) is 0 Å². The molecule has 0 saturated heterocycles. The van der Waals surface area contributed by atoms with Crippen molar-refractivity contribution in [1.82, 2.24) is 0 Å². The van der Waals surface area contributed by atoms with Gasteiger partial charge in [-0.05, 0) is 103 Å². The number of allylic oxidation sites excluding steroid dienone is 12. The summed E-state index contributed by atoms with van der Waals surface area (Å²) in [6, 6.07) is 0. The van der Waals surface area contributed by atoms with Gasteiger partial charge in [-0.2, -0.15) is 0 Å². The zero-order chi connectivity index (χ0) is 50.7. The number of hydrogen-bond acceptors (Lipinski definition) is 6. The minimum atomic E-state index is -0.793. The smallest absolute Gasteiger partial charge is 0.306 e. The largest absolute Gasteiger partial charge is 0.462 e. The molecule has 0 spiro atoms. The van der Waals surface area contributed by atoms with E-state index in [4.69, 9.17) is 14.2 Å². The summed E-state index contributed by atoms with van der Waals surface area (Å²) in [5, 5.41) is 0. The van der Waals surface area contributed by atoms with E-state index < -0.39 is 6.10 Å². The molecule has 6 heteroatoms. The van der Waals surface area contributed by atoms with Gasteiger partial charge in [-0.3, -0.25) is 14.4 Å². The first-order valence-electron chi connectivity index (χ1n) is 30.0. The molecular formula is C64H112O6. The quantitative estimate of drug-likeness (QED) is 0.0199. The van der Waals surface area contributed by atoms with Gasteiger partial charge in [0.05, 0.1) is 0 Å². The molecule has 0 rings (SSSR count). The number of hydrogen-bond donors (Lipinski definition) is 0. The molecule has 1 atom stereocenters. The van der Waals surface area contributed by atoms with E-state index in [-0.39, 0.29) is 31.1 Å². The summed E-state index contributed by atoms with van der Waals surface area (Å²) in [6.07, 6.45) is 74.6. The summed E-state index contributed by atoms with van der Waals surface area (Å²) < 4.78 is 16.9. The number of carbonyl (C=O) groups excluding carboxylic acids is 3. The van der Waals surface area contributed by atoms with Crippen LogP contribution in [0, 0.1) is 0 Å². The average molecular weight is 978 g/mol. The Morgan fingerprint density at radius 2 is 0.600 bits per heavy atom. The Morgan fingerprint density at radius 3 is 0.971 bits per heavy atom. The molecule has 0 heterocycles. The van der Waals surface area contributed by atoms with Crippen LogP contribution in [0.15, 0.2) is 72.9 Å². The van der Waals surface area contributed by atoms with Gasteiger partial charge in [0.2, 0.25) is 0 Å². The maximum absolute atomic E-state index is 12.9. The first-order chi connectivity index (χ1) is 34.5. The van der Waals surface area contributed by atoms with Crippen LogP contribution in [0.2, 0.25) is 0 Å². The van der Waals surface area contributed by atoms with Crippen LogP contribution in [0.3, 0.4) is 0 Å². The van der Waals surface area contributed by atoms with E-state index in [9.17, 15) is 14.4 Å². The van der Waals surface area contributed by atoms with Crippen molar-refractivity contribution in [2.45, 2.75) is 303 Å². The lowest BCUT2D eigenvalue weighted by Crippen LogP contribution is -2.30. The summed E-state index contributed by atoms with van der Waals surface area (Å²) in [4.78, 5) is 38.2. The topological polar surface area (TPSA) is 78.9 Å². The molecule has 6 nitrogen and oxygen atoms in total. The fourth-order valence-corrected chi connectivity index (χ4v) is 8.44. The van der Waals surface area contributed by atoms with Crippen molar-refractivity contribution < 1.29 is 28.6 Å². The number of esters is 3. The van der Waals surface area contributed by atoms with Crippen LogP contribution < -0.4 is 0 Å². The molecule has 0 aliphatic carbocycles. The van der Waals surface area contributed by atoms with Crippen molar-refractivity contribution in [2.24, 2.45) is 0 Å². The maximum atomic E-state index is 12.9. The van der Waals surface area contributed by atoms with Gasteiger partial charge in [-0.1, -0.05) is 248 Å². The van der Waals surface area contributed by atoms with E-state index in [0.29, 0.717) is 19.3 Å². The van der Waals surface area contributed by atoms with Crippen LogP contribution in [0.1, 0.15) is 297 Å². The van der Waals surface area contributed by atoms with Crippen molar-refractivity contribution in [1.29, 1.82) is 0 Å². The third-order valence-corrected chi connectivity index (χ3v) is 12.9. The average Bonchev–Trinajstić information content (AvgIpc) is 3.36. The highest BCUT2D eigenvalue weighted by Crippen LogP contribution is 2.15. The molecule has 1 unspecified atom stereocenters. The number of ether oxygens (including phenoxy) is 3. The number of unbranched alkanes of at least 4 members (excludes halogenated alkanes) is 32. The fraction of sp³-hybridized carbons (Fsp3) is 0.766. The summed E-state index contributed by atoms with van der Waals surface area (Å²) in [5.74, 6) is -0.915. The summed E-state index contributed by atoms with van der Waals surface area (Å²) in [5.41, 5.74) is 0. The predicted molar refractivity (Wildman–Crippen MR) is 302 cm³/mol. The van der Waals surface area contributed by atoms with Gasteiger partial charge < -0.3 is 14.2 Å². The normalized spacial score (nSPS) is 12.6. The van der Waals surface area contributed by atoms with Gasteiger partial charge >= 0.3 is 17.9 Å². The van der Waals surface area contributed by atoms with Crippen LogP contribution in [-0.2, 0) is 28.6 Å². The summed E-state index contributed by atoms with van der Waals surface area (Å²) in [6.45, 7) is 6.52. The standard InChI is InChI=1S/C64H112O6/c1-4-7-10-13-16-19-22-25-28-31-33-36-39-42-45-48-51-54-57-63(66)69-60-61(59-68-62(65)56-53-50-47-44-41-38-35-30-27-24-21-18-15-12-9-6-3)70-64(67)58-55-52-49-46-43-40-37-34-32-29-26-23-20-17-14-11-8-5-2/h9,12,18,21,27-28,30-31,33-34,36-37,61H,4-8,10-11,13-17,19-20,22-26,29,32,35,38-60H2,1-3H3/b12-9-,21-18-,30-27-,31-28-,36-33-,37-34-. The van der Waals surface area contributed by atoms with Gasteiger partial charge in [0.1, 0.15) is 13.2 Å². The lowest BCUT2D eigenvalue weighted by atomic mass is 10.1.